The third-order valence-electron chi connectivity index (χ3n) is 7.50. The van der Waals surface area contributed by atoms with E-state index >= 15 is 0 Å². The Kier molecular flexibility index (Phi) is 20.5. The van der Waals surface area contributed by atoms with Gasteiger partial charge in [0.2, 0.25) is 0 Å². The van der Waals surface area contributed by atoms with Crippen LogP contribution in [0.15, 0.2) is 0 Å². The zero-order valence-electron chi connectivity index (χ0n) is 22.8. The van der Waals surface area contributed by atoms with Gasteiger partial charge in [-0.25, -0.2) is 0 Å². The summed E-state index contributed by atoms with van der Waals surface area (Å²) in [6.07, 6.45) is 22.0. The molecule has 0 radical (unpaired) electrons. The predicted octanol–water partition coefficient (Wildman–Crippen LogP) is 8.88. The van der Waals surface area contributed by atoms with Gasteiger partial charge in [0, 0.05) is 0 Å². The third-order valence-corrected chi connectivity index (χ3v) is 7.50. The fraction of sp³-hybridized carbons (Fsp3) is 1.00. The summed E-state index contributed by atoms with van der Waals surface area (Å²) >= 11 is 0. The first-order valence-electron chi connectivity index (χ1n) is 14.2. The largest absolute Gasteiger partial charge is 0.636 e. The molecule has 2 nitrogen and oxygen atoms in total. The van der Waals surface area contributed by atoms with Crippen LogP contribution < -0.4 is 5.48 Å². The van der Waals surface area contributed by atoms with Crippen molar-refractivity contribution in [2.24, 2.45) is 29.6 Å². The molecule has 0 saturated carbocycles. The van der Waals surface area contributed by atoms with Gasteiger partial charge in [0.05, 0.1) is 6.04 Å². The second-order valence-electron chi connectivity index (χ2n) is 11.9. The van der Waals surface area contributed by atoms with Crippen molar-refractivity contribution < 1.29 is 5.48 Å². The number of nitrogens with two attached hydrogens (primary N) is 1. The van der Waals surface area contributed by atoms with Crippen LogP contribution in [0.4, 0.5) is 0 Å². The molecule has 0 heterocycles. The second kappa shape index (κ2) is 20.5. The zero-order chi connectivity index (χ0) is 23.5. The number of quaternary nitrogens is 1. The molecule has 0 bridgehead atoms. The molecule has 0 aromatic carbocycles. The van der Waals surface area contributed by atoms with Gasteiger partial charge in [0.15, 0.2) is 0 Å². The summed E-state index contributed by atoms with van der Waals surface area (Å²) in [5, 5.41) is 10.7. The van der Waals surface area contributed by atoms with Gasteiger partial charge in [-0.15, -0.1) is 0 Å². The molecule has 0 spiro atoms. The molecule has 0 aromatic heterocycles. The van der Waals surface area contributed by atoms with E-state index in [9.17, 15) is 5.21 Å². The van der Waals surface area contributed by atoms with Crippen molar-refractivity contribution >= 4 is 0 Å². The topological polar surface area (TPSA) is 39.7 Å². The van der Waals surface area contributed by atoms with E-state index in [0.29, 0.717) is 0 Å². The van der Waals surface area contributed by atoms with Gasteiger partial charge in [-0.05, 0) is 49.4 Å². The van der Waals surface area contributed by atoms with E-state index in [2.05, 4.69) is 41.5 Å². The first-order chi connectivity index (χ1) is 14.7. The Hall–Kier alpha value is -0.0800. The minimum atomic E-state index is 0.248. The number of rotatable bonds is 22. The van der Waals surface area contributed by atoms with Crippen LogP contribution in [0.3, 0.4) is 0 Å². The van der Waals surface area contributed by atoms with Gasteiger partial charge in [-0.3, -0.25) is 0 Å². The molecule has 2 N–H and O–H groups in total. The van der Waals surface area contributed by atoms with Gasteiger partial charge in [-0.1, -0.05) is 131 Å². The monoisotopic (exact) mass is 439 g/mol. The molecule has 0 aliphatic heterocycles. The molecule has 2 heteroatoms. The standard InChI is InChI=1S/C29H61NO/c1-24(2)14-10-17-27(5)20-11-18-25(3)15-8-9-16-26(4)19-12-21-28(6)22-13-23-29(7)30-31/h24-29H,8-23,30H2,1-7H3. The Morgan fingerprint density at radius 1 is 0.419 bits per heavy atom. The minimum Gasteiger partial charge on any atom is -0.636 e. The Bertz CT molecular complexity index is 370. The van der Waals surface area contributed by atoms with E-state index in [1.165, 1.54) is 96.3 Å². The first-order valence-corrected chi connectivity index (χ1v) is 14.2. The summed E-state index contributed by atoms with van der Waals surface area (Å²) in [4.78, 5) is 0. The zero-order valence-corrected chi connectivity index (χ0v) is 22.8. The first kappa shape index (κ1) is 30.9. The van der Waals surface area contributed by atoms with Crippen molar-refractivity contribution in [2.45, 2.75) is 157 Å². The van der Waals surface area contributed by atoms with E-state index in [-0.39, 0.29) is 6.04 Å². The van der Waals surface area contributed by atoms with Crippen molar-refractivity contribution in [2.75, 3.05) is 0 Å². The molecule has 0 aliphatic rings. The molecule has 0 amide bonds. The SMILES string of the molecule is CC(C)CCCC(C)CCCC(C)CCCCC(C)CCCC(C)CCCC(C)[NH2+][O-]. The Balaban J connectivity index is 3.55. The van der Waals surface area contributed by atoms with E-state index in [4.69, 9.17) is 0 Å². The molecule has 31 heavy (non-hydrogen) atoms. The van der Waals surface area contributed by atoms with Crippen LogP contribution in [0.1, 0.15) is 151 Å². The molecule has 0 aromatic rings. The maximum Gasteiger partial charge on any atom is 0.0827 e. The van der Waals surface area contributed by atoms with E-state index < -0.39 is 0 Å². The van der Waals surface area contributed by atoms with Crippen molar-refractivity contribution in [1.82, 2.24) is 0 Å². The molecule has 0 fully saturated rings. The Morgan fingerprint density at radius 2 is 0.710 bits per heavy atom. The summed E-state index contributed by atoms with van der Waals surface area (Å²) in [5.74, 6) is 4.43. The van der Waals surface area contributed by atoms with Gasteiger partial charge in [0.1, 0.15) is 0 Å². The summed E-state index contributed by atoms with van der Waals surface area (Å²) < 4.78 is 0. The van der Waals surface area contributed by atoms with Crippen LogP contribution >= 0.6 is 0 Å². The predicted molar refractivity (Wildman–Crippen MR) is 140 cm³/mol. The Morgan fingerprint density at radius 3 is 1.03 bits per heavy atom. The lowest BCUT2D eigenvalue weighted by atomic mass is 9.90. The van der Waals surface area contributed by atoms with Crippen molar-refractivity contribution in [3.63, 3.8) is 0 Å². The van der Waals surface area contributed by atoms with Gasteiger partial charge >= 0.3 is 0 Å². The van der Waals surface area contributed by atoms with Gasteiger partial charge < -0.3 is 10.7 Å². The van der Waals surface area contributed by atoms with Crippen LogP contribution in [0, 0.1) is 34.8 Å². The lowest BCUT2D eigenvalue weighted by Crippen LogP contribution is -2.83. The highest BCUT2D eigenvalue weighted by molar-refractivity contribution is 4.62. The average molecular weight is 440 g/mol. The fourth-order valence-corrected chi connectivity index (χ4v) is 4.92. The van der Waals surface area contributed by atoms with Gasteiger partial charge in [0.25, 0.3) is 0 Å². The maximum absolute atomic E-state index is 10.7. The fourth-order valence-electron chi connectivity index (χ4n) is 4.92. The number of hydrogen-bond donors (Lipinski definition) is 1. The molecule has 5 atom stereocenters. The van der Waals surface area contributed by atoms with Crippen LogP contribution in [0.2, 0.25) is 0 Å². The number of hydroxylamine groups is 1. The maximum atomic E-state index is 10.7. The van der Waals surface area contributed by atoms with E-state index in [0.717, 1.165) is 41.5 Å². The average Bonchev–Trinajstić information content (AvgIpc) is 2.70. The summed E-state index contributed by atoms with van der Waals surface area (Å²) in [6.45, 7) is 16.5. The van der Waals surface area contributed by atoms with Crippen LogP contribution in [-0.4, -0.2) is 6.04 Å². The van der Waals surface area contributed by atoms with Crippen molar-refractivity contribution in [3.8, 4) is 0 Å². The lowest BCUT2D eigenvalue weighted by molar-refractivity contribution is -0.624. The molecule has 5 unspecified atom stereocenters. The minimum absolute atomic E-state index is 0.248. The Labute approximate surface area is 197 Å². The summed E-state index contributed by atoms with van der Waals surface area (Å²) in [6, 6.07) is 0.248. The molecular weight excluding hydrogens is 378 g/mol. The highest BCUT2D eigenvalue weighted by Crippen LogP contribution is 2.24. The smallest absolute Gasteiger partial charge is 0.0827 e. The highest BCUT2D eigenvalue weighted by Gasteiger charge is 2.09. The third kappa shape index (κ3) is 21.5. The van der Waals surface area contributed by atoms with Crippen molar-refractivity contribution in [3.05, 3.63) is 5.21 Å². The van der Waals surface area contributed by atoms with Crippen LogP contribution in [0.25, 0.3) is 0 Å². The summed E-state index contributed by atoms with van der Waals surface area (Å²) in [5.41, 5.74) is 1.10. The molecular formula is C29H61NO. The number of unbranched alkanes of at least 4 members (excludes halogenated alkanes) is 1. The highest BCUT2D eigenvalue weighted by atomic mass is 16.5. The van der Waals surface area contributed by atoms with Crippen LogP contribution in [-0.2, 0) is 0 Å². The van der Waals surface area contributed by atoms with Crippen LogP contribution in [0.5, 0.6) is 0 Å². The lowest BCUT2D eigenvalue weighted by Gasteiger charge is -2.17. The number of hydrogen-bond acceptors (Lipinski definition) is 1. The molecule has 0 rings (SSSR count). The quantitative estimate of drug-likeness (QED) is 0.133. The van der Waals surface area contributed by atoms with Crippen molar-refractivity contribution in [1.29, 1.82) is 0 Å². The second-order valence-corrected chi connectivity index (χ2v) is 11.9. The summed E-state index contributed by atoms with van der Waals surface area (Å²) in [7, 11) is 0. The molecule has 0 aliphatic carbocycles. The van der Waals surface area contributed by atoms with E-state index in [1.54, 1.807) is 0 Å². The normalized spacial score (nSPS) is 16.9. The van der Waals surface area contributed by atoms with Gasteiger partial charge in [-0.2, -0.15) is 0 Å². The van der Waals surface area contributed by atoms with E-state index in [1.807, 2.05) is 6.92 Å². The molecule has 188 valence electrons. The molecule has 0 saturated heterocycles.